The Morgan fingerprint density at radius 2 is 1.80 bits per heavy atom. The molecule has 0 fully saturated rings. The minimum absolute atomic E-state index is 0.207. The van der Waals surface area contributed by atoms with E-state index in [1.807, 2.05) is 60.8 Å². The van der Waals surface area contributed by atoms with Crippen LogP contribution in [0, 0.1) is 5.82 Å². The third-order valence-electron chi connectivity index (χ3n) is 6.13. The normalized spacial score (nSPS) is 12.2. The summed E-state index contributed by atoms with van der Waals surface area (Å²) in [6, 6.07) is 17.4. The van der Waals surface area contributed by atoms with E-state index in [4.69, 9.17) is 4.74 Å². The number of unbranched alkanes of at least 4 members (excludes halogenated alkanes) is 3. The van der Waals surface area contributed by atoms with Gasteiger partial charge in [0.2, 0.25) is 0 Å². The Morgan fingerprint density at radius 3 is 2.49 bits per heavy atom. The lowest BCUT2D eigenvalue weighted by Gasteiger charge is -2.12. The lowest BCUT2D eigenvalue weighted by molar-refractivity contribution is 0.0566. The Hall–Kier alpha value is -3.04. The van der Waals surface area contributed by atoms with Crippen LogP contribution in [-0.4, -0.2) is 17.7 Å². The predicted molar refractivity (Wildman–Crippen MR) is 147 cm³/mol. The van der Waals surface area contributed by atoms with E-state index >= 15 is 0 Å². The van der Waals surface area contributed by atoms with Crippen LogP contribution >= 0.6 is 0 Å². The zero-order chi connectivity index (χ0) is 24.9. The Balaban J connectivity index is 1.51. The fourth-order valence-corrected chi connectivity index (χ4v) is 4.03. The highest BCUT2D eigenvalue weighted by Gasteiger charge is 2.07. The molecule has 2 aromatic carbocycles. The summed E-state index contributed by atoms with van der Waals surface area (Å²) < 4.78 is 20.7. The molecule has 0 amide bonds. The smallest absolute Gasteiger partial charge is 0.131 e. The third-order valence-corrected chi connectivity index (χ3v) is 6.13. The first kappa shape index (κ1) is 26.6. The number of aromatic nitrogens is 1. The van der Waals surface area contributed by atoms with Crippen molar-refractivity contribution in [3.8, 4) is 22.4 Å². The molecule has 3 aromatic rings. The van der Waals surface area contributed by atoms with Crippen molar-refractivity contribution >= 4 is 6.08 Å². The summed E-state index contributed by atoms with van der Waals surface area (Å²) in [5.41, 5.74) is 5.41. The number of nitrogens with zero attached hydrogens (tertiary/aromatic N) is 1. The van der Waals surface area contributed by atoms with Gasteiger partial charge in [-0.15, -0.1) is 6.58 Å². The molecule has 0 radical (unpaired) electrons. The molecule has 0 aliphatic carbocycles. The average molecular weight is 472 g/mol. The van der Waals surface area contributed by atoms with Crippen molar-refractivity contribution in [3.63, 3.8) is 0 Å². The van der Waals surface area contributed by atoms with Crippen molar-refractivity contribution in [1.29, 1.82) is 0 Å². The third kappa shape index (κ3) is 8.60. The molecule has 2 nitrogen and oxygen atoms in total. The van der Waals surface area contributed by atoms with Gasteiger partial charge in [-0.1, -0.05) is 80.5 Å². The molecule has 3 heteroatoms. The van der Waals surface area contributed by atoms with Crippen LogP contribution in [0.1, 0.15) is 63.5 Å². The van der Waals surface area contributed by atoms with Crippen molar-refractivity contribution in [2.75, 3.05) is 6.61 Å². The van der Waals surface area contributed by atoms with Crippen LogP contribution in [0.3, 0.4) is 0 Å². The van der Waals surface area contributed by atoms with E-state index < -0.39 is 0 Å². The molecule has 0 aliphatic heterocycles. The molecule has 0 saturated heterocycles. The number of hydrogen-bond acceptors (Lipinski definition) is 2. The van der Waals surface area contributed by atoms with Gasteiger partial charge in [-0.3, -0.25) is 4.98 Å². The minimum atomic E-state index is -0.207. The van der Waals surface area contributed by atoms with Gasteiger partial charge in [0.05, 0.1) is 11.8 Å². The molecule has 0 spiro atoms. The quantitative estimate of drug-likeness (QED) is 0.173. The van der Waals surface area contributed by atoms with E-state index in [0.717, 1.165) is 66.7 Å². The fraction of sp³-hybridized carbons (Fsp3) is 0.344. The first-order chi connectivity index (χ1) is 17.1. The van der Waals surface area contributed by atoms with Crippen molar-refractivity contribution in [1.82, 2.24) is 4.98 Å². The van der Waals surface area contributed by atoms with Crippen molar-refractivity contribution < 1.29 is 9.13 Å². The number of pyridine rings is 1. The standard InChI is InChI=1S/C32H38FNO/c1-4-6-10-22-35-25(3)12-8-7-9-13-26-14-20-30(31(33)23-26)28-16-18-29(19-17-28)32-21-15-27(11-5-2)24-34-32/h5,9,13-21,23-25H,2,4,6-8,10-12,22H2,1,3H3/b13-9+. The summed E-state index contributed by atoms with van der Waals surface area (Å²) in [7, 11) is 0. The van der Waals surface area contributed by atoms with Gasteiger partial charge in [0, 0.05) is 23.9 Å². The van der Waals surface area contributed by atoms with E-state index in [0.29, 0.717) is 11.7 Å². The number of ether oxygens (including phenoxy) is 1. The van der Waals surface area contributed by atoms with Gasteiger partial charge in [0.15, 0.2) is 0 Å². The molecule has 0 saturated carbocycles. The molecule has 1 atom stereocenters. The van der Waals surface area contributed by atoms with Crippen LogP contribution in [0.5, 0.6) is 0 Å². The summed E-state index contributed by atoms with van der Waals surface area (Å²) in [6.45, 7) is 8.97. The zero-order valence-corrected chi connectivity index (χ0v) is 21.2. The Bertz CT molecular complexity index is 1070. The predicted octanol–water partition coefficient (Wildman–Crippen LogP) is 9.06. The molecule has 184 valence electrons. The summed E-state index contributed by atoms with van der Waals surface area (Å²) in [5.74, 6) is -0.207. The van der Waals surface area contributed by atoms with Gasteiger partial charge in [-0.05, 0) is 67.9 Å². The lowest BCUT2D eigenvalue weighted by Crippen LogP contribution is -2.08. The van der Waals surface area contributed by atoms with E-state index in [1.165, 1.54) is 12.8 Å². The second-order valence-corrected chi connectivity index (χ2v) is 9.08. The Morgan fingerprint density at radius 1 is 1.00 bits per heavy atom. The van der Waals surface area contributed by atoms with Crippen molar-refractivity contribution in [2.45, 2.75) is 64.9 Å². The molecule has 0 N–H and O–H groups in total. The van der Waals surface area contributed by atoms with Gasteiger partial charge < -0.3 is 4.74 Å². The lowest BCUT2D eigenvalue weighted by atomic mass is 10.0. The summed E-state index contributed by atoms with van der Waals surface area (Å²) in [4.78, 5) is 4.53. The van der Waals surface area contributed by atoms with Crippen LogP contribution < -0.4 is 0 Å². The van der Waals surface area contributed by atoms with Crippen LogP contribution in [-0.2, 0) is 11.2 Å². The minimum Gasteiger partial charge on any atom is -0.379 e. The van der Waals surface area contributed by atoms with E-state index in [9.17, 15) is 4.39 Å². The van der Waals surface area contributed by atoms with E-state index in [-0.39, 0.29) is 5.82 Å². The van der Waals surface area contributed by atoms with Crippen LogP contribution in [0.25, 0.3) is 28.5 Å². The second-order valence-electron chi connectivity index (χ2n) is 9.08. The monoisotopic (exact) mass is 471 g/mol. The second kappa shape index (κ2) is 14.4. The molecular formula is C32H38FNO. The first-order valence-corrected chi connectivity index (χ1v) is 12.8. The van der Waals surface area contributed by atoms with Gasteiger partial charge in [-0.25, -0.2) is 4.39 Å². The number of rotatable bonds is 14. The summed E-state index contributed by atoms with van der Waals surface area (Å²) in [5, 5.41) is 0. The van der Waals surface area contributed by atoms with Gasteiger partial charge in [-0.2, -0.15) is 0 Å². The highest BCUT2D eigenvalue weighted by Crippen LogP contribution is 2.27. The first-order valence-electron chi connectivity index (χ1n) is 12.8. The van der Waals surface area contributed by atoms with Crippen LogP contribution in [0.4, 0.5) is 4.39 Å². The molecule has 1 unspecified atom stereocenters. The molecule has 1 aromatic heterocycles. The molecule has 0 aliphatic rings. The van der Waals surface area contributed by atoms with Crippen LogP contribution in [0.15, 0.2) is 79.5 Å². The maximum absolute atomic E-state index is 14.9. The van der Waals surface area contributed by atoms with Crippen molar-refractivity contribution in [2.24, 2.45) is 0 Å². The number of allylic oxidation sites excluding steroid dienone is 2. The highest BCUT2D eigenvalue weighted by molar-refractivity contribution is 5.70. The SMILES string of the molecule is C=CCc1ccc(-c2ccc(-c3ccc(/C=C/CCCC(C)OCCCCC)cc3F)cc2)nc1. The Kier molecular flexibility index (Phi) is 10.9. The highest BCUT2D eigenvalue weighted by atomic mass is 19.1. The van der Waals surface area contributed by atoms with Gasteiger partial charge in [0.1, 0.15) is 5.82 Å². The van der Waals surface area contributed by atoms with Crippen molar-refractivity contribution in [3.05, 3.63) is 96.5 Å². The molecule has 3 rings (SSSR count). The molecule has 35 heavy (non-hydrogen) atoms. The zero-order valence-electron chi connectivity index (χ0n) is 21.2. The van der Waals surface area contributed by atoms with E-state index in [1.54, 1.807) is 6.07 Å². The fourth-order valence-electron chi connectivity index (χ4n) is 4.03. The largest absolute Gasteiger partial charge is 0.379 e. The summed E-state index contributed by atoms with van der Waals surface area (Å²) in [6.07, 6.45) is 15.7. The average Bonchev–Trinajstić information content (AvgIpc) is 2.87. The Labute approximate surface area is 210 Å². The maximum Gasteiger partial charge on any atom is 0.131 e. The number of halogens is 1. The number of benzene rings is 2. The van der Waals surface area contributed by atoms with Gasteiger partial charge in [0.25, 0.3) is 0 Å². The molecule has 0 bridgehead atoms. The molecular weight excluding hydrogens is 433 g/mol. The van der Waals surface area contributed by atoms with Gasteiger partial charge >= 0.3 is 0 Å². The summed E-state index contributed by atoms with van der Waals surface area (Å²) >= 11 is 0. The number of hydrogen-bond donors (Lipinski definition) is 0. The van der Waals surface area contributed by atoms with E-state index in [2.05, 4.69) is 37.6 Å². The maximum atomic E-state index is 14.9. The topological polar surface area (TPSA) is 22.1 Å². The van der Waals surface area contributed by atoms with Crippen LogP contribution in [0.2, 0.25) is 0 Å². The molecule has 1 heterocycles.